The van der Waals surface area contributed by atoms with E-state index < -0.39 is 9.84 Å². The fraction of sp³-hybridized carbons (Fsp3) is 0.500. The molecule has 0 bridgehead atoms. The average molecular weight is 308 g/mol. The highest BCUT2D eigenvalue weighted by Gasteiger charge is 2.24. The number of benzene rings is 1. The van der Waals surface area contributed by atoms with Crippen LogP contribution in [0.2, 0.25) is 10.0 Å². The Morgan fingerprint density at radius 3 is 2.83 bits per heavy atom. The summed E-state index contributed by atoms with van der Waals surface area (Å²) in [6.45, 7) is 0.541. The number of hydrogen-bond acceptors (Lipinski definition) is 3. The SMILES string of the molecule is O=S1(=O)CCCC(NCc2cccc(Cl)c2Cl)C1. The number of hydrogen-bond donors (Lipinski definition) is 1. The number of sulfone groups is 1. The van der Waals surface area contributed by atoms with Crippen LogP contribution >= 0.6 is 23.2 Å². The first-order chi connectivity index (χ1) is 8.48. The van der Waals surface area contributed by atoms with Crippen LogP contribution in [-0.2, 0) is 16.4 Å². The molecule has 1 atom stereocenters. The van der Waals surface area contributed by atoms with Crippen molar-refractivity contribution in [3.8, 4) is 0 Å². The van der Waals surface area contributed by atoms with Crippen LogP contribution in [0.5, 0.6) is 0 Å². The van der Waals surface area contributed by atoms with E-state index in [0.717, 1.165) is 18.4 Å². The van der Waals surface area contributed by atoms with E-state index >= 15 is 0 Å². The van der Waals surface area contributed by atoms with Gasteiger partial charge in [-0.2, -0.15) is 0 Å². The van der Waals surface area contributed by atoms with Crippen molar-refractivity contribution in [2.75, 3.05) is 11.5 Å². The van der Waals surface area contributed by atoms with Crippen molar-refractivity contribution in [3.63, 3.8) is 0 Å². The minimum atomic E-state index is -2.88. The Balaban J connectivity index is 1.97. The highest BCUT2D eigenvalue weighted by molar-refractivity contribution is 7.91. The number of nitrogens with one attached hydrogen (secondary N) is 1. The van der Waals surface area contributed by atoms with Crippen molar-refractivity contribution in [2.45, 2.75) is 25.4 Å². The third kappa shape index (κ3) is 3.60. The van der Waals surface area contributed by atoms with Crippen molar-refractivity contribution in [1.29, 1.82) is 0 Å². The van der Waals surface area contributed by atoms with Crippen LogP contribution in [-0.4, -0.2) is 26.0 Å². The first-order valence-electron chi connectivity index (χ1n) is 5.84. The van der Waals surface area contributed by atoms with Gasteiger partial charge in [-0.3, -0.25) is 0 Å². The van der Waals surface area contributed by atoms with Crippen molar-refractivity contribution in [1.82, 2.24) is 5.32 Å². The van der Waals surface area contributed by atoms with E-state index in [9.17, 15) is 8.42 Å². The zero-order valence-corrected chi connectivity index (χ0v) is 12.2. The van der Waals surface area contributed by atoms with Crippen molar-refractivity contribution in [2.24, 2.45) is 0 Å². The van der Waals surface area contributed by atoms with Crippen LogP contribution in [0.1, 0.15) is 18.4 Å². The first-order valence-corrected chi connectivity index (χ1v) is 8.42. The minimum Gasteiger partial charge on any atom is -0.309 e. The molecule has 1 heterocycles. The summed E-state index contributed by atoms with van der Waals surface area (Å²) in [5.41, 5.74) is 0.895. The van der Waals surface area contributed by atoms with Crippen molar-refractivity contribution in [3.05, 3.63) is 33.8 Å². The molecule has 18 heavy (non-hydrogen) atoms. The van der Waals surface area contributed by atoms with Crippen LogP contribution in [0.4, 0.5) is 0 Å². The van der Waals surface area contributed by atoms with E-state index in [1.165, 1.54) is 0 Å². The Hall–Kier alpha value is -0.290. The van der Waals surface area contributed by atoms with Gasteiger partial charge in [-0.1, -0.05) is 35.3 Å². The minimum absolute atomic E-state index is 0.0128. The van der Waals surface area contributed by atoms with E-state index in [4.69, 9.17) is 23.2 Å². The number of rotatable bonds is 3. The maximum absolute atomic E-state index is 11.5. The van der Waals surface area contributed by atoms with Gasteiger partial charge in [0.25, 0.3) is 0 Å². The first kappa shape index (κ1) is 14.1. The fourth-order valence-electron chi connectivity index (χ4n) is 2.12. The van der Waals surface area contributed by atoms with Crippen LogP contribution in [0, 0.1) is 0 Å². The normalized spacial score (nSPS) is 22.9. The molecule has 1 unspecified atom stereocenters. The molecule has 0 spiro atoms. The lowest BCUT2D eigenvalue weighted by Gasteiger charge is -2.23. The summed E-state index contributed by atoms with van der Waals surface area (Å²) in [4.78, 5) is 0. The standard InChI is InChI=1S/C12H15Cl2NO2S/c13-11-5-1-3-9(12(11)14)7-15-10-4-2-6-18(16,17)8-10/h1,3,5,10,15H,2,4,6-8H2. The Labute approximate surface area is 117 Å². The van der Waals surface area contributed by atoms with Gasteiger partial charge in [0.2, 0.25) is 0 Å². The van der Waals surface area contributed by atoms with Crippen LogP contribution < -0.4 is 5.32 Å². The van der Waals surface area contributed by atoms with Gasteiger partial charge < -0.3 is 5.32 Å². The molecule has 2 rings (SSSR count). The molecule has 6 heteroatoms. The summed E-state index contributed by atoms with van der Waals surface area (Å²) >= 11 is 12.0. The molecule has 1 aliphatic rings. The molecule has 100 valence electrons. The van der Waals surface area contributed by atoms with Crippen molar-refractivity contribution < 1.29 is 8.42 Å². The van der Waals surface area contributed by atoms with E-state index in [1.807, 2.05) is 12.1 Å². The van der Waals surface area contributed by atoms with Gasteiger partial charge in [0.15, 0.2) is 9.84 Å². The molecule has 1 aliphatic heterocycles. The van der Waals surface area contributed by atoms with Gasteiger partial charge in [0.05, 0.1) is 21.6 Å². The van der Waals surface area contributed by atoms with E-state index in [-0.39, 0.29) is 11.8 Å². The predicted molar refractivity (Wildman–Crippen MR) is 75.0 cm³/mol. The molecule has 0 radical (unpaired) electrons. The molecule has 1 aromatic rings. The summed E-state index contributed by atoms with van der Waals surface area (Å²) in [6, 6.07) is 5.47. The molecule has 1 saturated heterocycles. The fourth-order valence-corrected chi connectivity index (χ4v) is 4.18. The second-order valence-electron chi connectivity index (χ2n) is 4.55. The highest BCUT2D eigenvalue weighted by Crippen LogP contribution is 2.25. The second-order valence-corrected chi connectivity index (χ2v) is 7.56. The Morgan fingerprint density at radius 1 is 1.33 bits per heavy atom. The lowest BCUT2D eigenvalue weighted by atomic mass is 10.1. The lowest BCUT2D eigenvalue weighted by Crippen LogP contribution is -2.39. The van der Waals surface area contributed by atoms with Crippen LogP contribution in [0.3, 0.4) is 0 Å². The Kier molecular flexibility index (Phi) is 4.54. The lowest BCUT2D eigenvalue weighted by molar-refractivity contribution is 0.480. The molecule has 0 aliphatic carbocycles. The largest absolute Gasteiger partial charge is 0.309 e. The van der Waals surface area contributed by atoms with Gasteiger partial charge in [-0.05, 0) is 24.5 Å². The maximum Gasteiger partial charge on any atom is 0.151 e. The topological polar surface area (TPSA) is 46.2 Å². The van der Waals surface area contributed by atoms with E-state index in [0.29, 0.717) is 22.3 Å². The van der Waals surface area contributed by atoms with Crippen LogP contribution in [0.25, 0.3) is 0 Å². The Morgan fingerprint density at radius 2 is 2.11 bits per heavy atom. The van der Waals surface area contributed by atoms with Crippen LogP contribution in [0.15, 0.2) is 18.2 Å². The quantitative estimate of drug-likeness (QED) is 0.934. The zero-order chi connectivity index (χ0) is 13.2. The monoisotopic (exact) mass is 307 g/mol. The summed E-state index contributed by atoms with van der Waals surface area (Å²) < 4.78 is 23.0. The average Bonchev–Trinajstić information content (AvgIpc) is 2.30. The van der Waals surface area contributed by atoms with E-state index in [1.54, 1.807) is 6.07 Å². The molecule has 3 nitrogen and oxygen atoms in total. The highest BCUT2D eigenvalue weighted by atomic mass is 35.5. The summed E-state index contributed by atoms with van der Waals surface area (Å²) in [6.07, 6.45) is 1.61. The zero-order valence-electron chi connectivity index (χ0n) is 9.83. The maximum atomic E-state index is 11.5. The molecule has 0 saturated carbocycles. The van der Waals surface area contributed by atoms with Gasteiger partial charge in [-0.25, -0.2) is 8.42 Å². The molecular formula is C12H15Cl2NO2S. The van der Waals surface area contributed by atoms with Gasteiger partial charge in [-0.15, -0.1) is 0 Å². The van der Waals surface area contributed by atoms with E-state index in [2.05, 4.69) is 5.32 Å². The third-order valence-electron chi connectivity index (χ3n) is 3.08. The van der Waals surface area contributed by atoms with Gasteiger partial charge >= 0.3 is 0 Å². The Bertz CT molecular complexity index is 531. The number of halogens is 2. The molecular weight excluding hydrogens is 293 g/mol. The molecule has 0 aromatic heterocycles. The van der Waals surface area contributed by atoms with Gasteiger partial charge in [0, 0.05) is 12.6 Å². The third-order valence-corrected chi connectivity index (χ3v) is 5.75. The molecule has 1 aromatic carbocycles. The summed E-state index contributed by atoms with van der Waals surface area (Å²) in [5.74, 6) is 0.522. The predicted octanol–water partition coefficient (Wildman–Crippen LogP) is 2.66. The smallest absolute Gasteiger partial charge is 0.151 e. The van der Waals surface area contributed by atoms with Gasteiger partial charge in [0.1, 0.15) is 0 Å². The van der Waals surface area contributed by atoms with Crippen molar-refractivity contribution >= 4 is 33.0 Å². The second kappa shape index (κ2) is 5.78. The molecule has 0 amide bonds. The molecule has 1 fully saturated rings. The summed E-state index contributed by atoms with van der Waals surface area (Å²) in [7, 11) is -2.88. The molecule has 1 N–H and O–H groups in total. The summed E-state index contributed by atoms with van der Waals surface area (Å²) in [5, 5.41) is 4.29.